The molecule has 0 aromatic carbocycles. The van der Waals surface area contributed by atoms with Crippen LogP contribution in [-0.4, -0.2) is 28.4 Å². The number of nitrogens with zero attached hydrogens (tertiary/aromatic N) is 2. The normalized spacial score (nSPS) is 24.8. The minimum absolute atomic E-state index is 0.0449. The van der Waals surface area contributed by atoms with Crippen molar-refractivity contribution in [2.45, 2.75) is 32.7 Å². The van der Waals surface area contributed by atoms with Gasteiger partial charge in [-0.15, -0.1) is 0 Å². The first-order valence-corrected chi connectivity index (χ1v) is 6.00. The molecule has 2 heterocycles. The van der Waals surface area contributed by atoms with E-state index in [0.717, 1.165) is 19.4 Å². The van der Waals surface area contributed by atoms with E-state index in [4.69, 9.17) is 0 Å². The van der Waals surface area contributed by atoms with Gasteiger partial charge in [0.1, 0.15) is 0 Å². The van der Waals surface area contributed by atoms with Crippen molar-refractivity contribution in [3.8, 4) is 0 Å². The Labute approximate surface area is 101 Å². The third-order valence-electron chi connectivity index (χ3n) is 3.35. The van der Waals surface area contributed by atoms with Crippen molar-refractivity contribution >= 4 is 5.91 Å². The molecule has 1 aromatic heterocycles. The van der Waals surface area contributed by atoms with Gasteiger partial charge in [0.15, 0.2) is 0 Å². The number of rotatable bonds is 1. The van der Waals surface area contributed by atoms with Gasteiger partial charge in [-0.3, -0.25) is 4.79 Å². The Morgan fingerprint density at radius 2 is 2.18 bits per heavy atom. The third kappa shape index (κ3) is 2.62. The maximum atomic E-state index is 12.7. The molecule has 0 N–H and O–H groups in total. The molecule has 2 atom stereocenters. The van der Waals surface area contributed by atoms with Gasteiger partial charge in [0, 0.05) is 18.8 Å². The van der Waals surface area contributed by atoms with E-state index in [2.05, 4.69) is 18.8 Å². The van der Waals surface area contributed by atoms with Gasteiger partial charge in [0.2, 0.25) is 5.95 Å². The first-order valence-electron chi connectivity index (χ1n) is 6.00. The van der Waals surface area contributed by atoms with Crippen LogP contribution in [-0.2, 0) is 0 Å². The van der Waals surface area contributed by atoms with Gasteiger partial charge in [-0.1, -0.05) is 6.92 Å². The fraction of sp³-hybridized carbons (Fsp3) is 0.538. The molecule has 0 spiro atoms. The number of halogens is 1. The largest absolute Gasteiger partial charge is 0.336 e. The standard InChI is InChI=1S/C13H17FN2O/c1-9-3-4-10(2)16(8-9)13(17)11-5-6-12(14)15-7-11/h5-7,9-10H,3-4,8H2,1-2H3. The molecule has 1 fully saturated rings. The molecule has 1 saturated heterocycles. The van der Waals surface area contributed by atoms with Gasteiger partial charge in [-0.2, -0.15) is 4.39 Å². The molecule has 2 unspecified atom stereocenters. The minimum atomic E-state index is -0.554. The summed E-state index contributed by atoms with van der Waals surface area (Å²) in [4.78, 5) is 17.6. The number of pyridine rings is 1. The van der Waals surface area contributed by atoms with Crippen LogP contribution >= 0.6 is 0 Å². The molecule has 1 amide bonds. The summed E-state index contributed by atoms with van der Waals surface area (Å²) >= 11 is 0. The minimum Gasteiger partial charge on any atom is -0.336 e. The molecule has 0 radical (unpaired) electrons. The quantitative estimate of drug-likeness (QED) is 0.702. The molecule has 2 rings (SSSR count). The Morgan fingerprint density at radius 1 is 1.41 bits per heavy atom. The Kier molecular flexibility index (Phi) is 3.41. The summed E-state index contributed by atoms with van der Waals surface area (Å²) in [6.07, 6.45) is 3.50. The average Bonchev–Trinajstić information content (AvgIpc) is 2.32. The van der Waals surface area contributed by atoms with E-state index < -0.39 is 5.95 Å². The van der Waals surface area contributed by atoms with Crippen LogP contribution in [0.4, 0.5) is 4.39 Å². The molecule has 3 nitrogen and oxygen atoms in total. The lowest BCUT2D eigenvalue weighted by Gasteiger charge is -2.36. The Morgan fingerprint density at radius 3 is 2.82 bits per heavy atom. The number of piperidine rings is 1. The van der Waals surface area contributed by atoms with E-state index in [1.807, 2.05) is 4.90 Å². The van der Waals surface area contributed by atoms with Crippen LogP contribution < -0.4 is 0 Å². The van der Waals surface area contributed by atoms with Crippen molar-refractivity contribution in [3.05, 3.63) is 29.8 Å². The predicted octanol–water partition coefficient (Wildman–Crippen LogP) is 2.48. The second kappa shape index (κ2) is 4.82. The van der Waals surface area contributed by atoms with Gasteiger partial charge in [0.25, 0.3) is 5.91 Å². The highest BCUT2D eigenvalue weighted by Crippen LogP contribution is 2.23. The number of carbonyl (C=O) groups excluding carboxylic acids is 1. The van der Waals surface area contributed by atoms with E-state index in [1.54, 1.807) is 0 Å². The van der Waals surface area contributed by atoms with Crippen LogP contribution in [0.2, 0.25) is 0 Å². The van der Waals surface area contributed by atoms with E-state index in [-0.39, 0.29) is 11.9 Å². The smallest absolute Gasteiger partial charge is 0.255 e. The van der Waals surface area contributed by atoms with Crippen LogP contribution in [0.25, 0.3) is 0 Å². The molecule has 1 aromatic rings. The number of amides is 1. The van der Waals surface area contributed by atoms with E-state index >= 15 is 0 Å². The summed E-state index contributed by atoms with van der Waals surface area (Å²) in [6.45, 7) is 4.98. The fourth-order valence-corrected chi connectivity index (χ4v) is 2.24. The number of carbonyl (C=O) groups is 1. The van der Waals surface area contributed by atoms with E-state index in [9.17, 15) is 9.18 Å². The number of hydrogen-bond donors (Lipinski definition) is 0. The average molecular weight is 236 g/mol. The van der Waals surface area contributed by atoms with Gasteiger partial charge < -0.3 is 4.90 Å². The zero-order valence-corrected chi connectivity index (χ0v) is 10.2. The van der Waals surface area contributed by atoms with Crippen LogP contribution in [0.3, 0.4) is 0 Å². The monoisotopic (exact) mass is 236 g/mol. The lowest BCUT2D eigenvalue weighted by Crippen LogP contribution is -2.44. The zero-order chi connectivity index (χ0) is 12.4. The van der Waals surface area contributed by atoms with E-state index in [0.29, 0.717) is 11.5 Å². The first kappa shape index (κ1) is 12.0. The Balaban J connectivity index is 2.15. The summed E-state index contributed by atoms with van der Waals surface area (Å²) in [5, 5.41) is 0. The van der Waals surface area contributed by atoms with Crippen LogP contribution in [0.5, 0.6) is 0 Å². The van der Waals surface area contributed by atoms with Gasteiger partial charge in [0.05, 0.1) is 5.56 Å². The molecular formula is C13H17FN2O. The van der Waals surface area contributed by atoms with Crippen molar-refractivity contribution in [1.82, 2.24) is 9.88 Å². The molecular weight excluding hydrogens is 219 g/mol. The van der Waals surface area contributed by atoms with Crippen molar-refractivity contribution in [3.63, 3.8) is 0 Å². The highest BCUT2D eigenvalue weighted by atomic mass is 19.1. The topological polar surface area (TPSA) is 33.2 Å². The summed E-state index contributed by atoms with van der Waals surface area (Å²) < 4.78 is 12.7. The highest BCUT2D eigenvalue weighted by molar-refractivity contribution is 5.94. The van der Waals surface area contributed by atoms with Gasteiger partial charge in [-0.25, -0.2) is 4.98 Å². The molecule has 17 heavy (non-hydrogen) atoms. The van der Waals surface area contributed by atoms with Crippen molar-refractivity contribution in [2.24, 2.45) is 5.92 Å². The molecule has 0 saturated carbocycles. The summed E-state index contributed by atoms with van der Waals surface area (Å²) in [5.74, 6) is -0.0679. The molecule has 0 aliphatic carbocycles. The number of aromatic nitrogens is 1. The predicted molar refractivity (Wildman–Crippen MR) is 63.1 cm³/mol. The van der Waals surface area contributed by atoms with Crippen LogP contribution in [0.15, 0.2) is 18.3 Å². The van der Waals surface area contributed by atoms with Crippen molar-refractivity contribution in [1.29, 1.82) is 0 Å². The highest BCUT2D eigenvalue weighted by Gasteiger charge is 2.27. The van der Waals surface area contributed by atoms with Crippen molar-refractivity contribution < 1.29 is 9.18 Å². The molecule has 92 valence electrons. The fourth-order valence-electron chi connectivity index (χ4n) is 2.24. The number of likely N-dealkylation sites (tertiary alicyclic amines) is 1. The lowest BCUT2D eigenvalue weighted by atomic mass is 9.94. The maximum Gasteiger partial charge on any atom is 0.255 e. The van der Waals surface area contributed by atoms with E-state index in [1.165, 1.54) is 18.3 Å². The first-order chi connectivity index (χ1) is 8.08. The summed E-state index contributed by atoms with van der Waals surface area (Å²) in [7, 11) is 0. The lowest BCUT2D eigenvalue weighted by molar-refractivity contribution is 0.0573. The van der Waals surface area contributed by atoms with Crippen LogP contribution in [0.1, 0.15) is 37.0 Å². The van der Waals surface area contributed by atoms with Crippen LogP contribution in [0, 0.1) is 11.9 Å². The Hall–Kier alpha value is -1.45. The molecule has 1 aliphatic heterocycles. The third-order valence-corrected chi connectivity index (χ3v) is 3.35. The van der Waals surface area contributed by atoms with Gasteiger partial charge in [-0.05, 0) is 37.8 Å². The van der Waals surface area contributed by atoms with Gasteiger partial charge >= 0.3 is 0 Å². The molecule has 1 aliphatic rings. The maximum absolute atomic E-state index is 12.7. The van der Waals surface area contributed by atoms with Crippen molar-refractivity contribution in [2.75, 3.05) is 6.54 Å². The summed E-state index contributed by atoms with van der Waals surface area (Å²) in [5.41, 5.74) is 0.465. The molecule has 0 bridgehead atoms. The number of hydrogen-bond acceptors (Lipinski definition) is 2. The second-order valence-corrected chi connectivity index (χ2v) is 4.86. The second-order valence-electron chi connectivity index (χ2n) is 4.86. The SMILES string of the molecule is CC1CCC(C)N(C(=O)c2ccc(F)nc2)C1. The molecule has 4 heteroatoms. The zero-order valence-electron chi connectivity index (χ0n) is 10.2. The summed E-state index contributed by atoms with van der Waals surface area (Å²) in [6, 6.07) is 2.98. The Bertz CT molecular complexity index is 404.